The van der Waals surface area contributed by atoms with E-state index in [0.717, 1.165) is 5.69 Å². The van der Waals surface area contributed by atoms with Gasteiger partial charge >= 0.3 is 17.1 Å². The van der Waals surface area contributed by atoms with Gasteiger partial charge in [-0.1, -0.05) is 5.69 Å². The Kier molecular flexibility index (Phi) is 7.64. The van der Waals surface area contributed by atoms with E-state index in [1.54, 1.807) is 0 Å². The Balaban J connectivity index is 0.000000280. The maximum Gasteiger partial charge on any atom is 2.00 e. The van der Waals surface area contributed by atoms with Crippen molar-refractivity contribution in [3.8, 4) is 0 Å². The van der Waals surface area contributed by atoms with Crippen molar-refractivity contribution in [3.05, 3.63) is 54.6 Å². The van der Waals surface area contributed by atoms with Crippen LogP contribution in [0.5, 0.6) is 0 Å². The summed E-state index contributed by atoms with van der Waals surface area (Å²) in [4.78, 5) is 0. The maximum absolute atomic E-state index is 5.20. The van der Waals surface area contributed by atoms with E-state index in [-0.39, 0.29) is 17.1 Å². The predicted molar refractivity (Wildman–Crippen MR) is 64.5 cm³/mol. The third kappa shape index (κ3) is 6.91. The Labute approximate surface area is 106 Å². The molecule has 0 amide bonds. The molecule has 0 heterocycles. The zero-order valence-electron chi connectivity index (χ0n) is 8.04. The van der Waals surface area contributed by atoms with Crippen molar-refractivity contribution in [1.29, 1.82) is 0 Å². The molecule has 2 aromatic carbocycles. The molecule has 3 N–H and O–H groups in total. The second-order valence-corrected chi connectivity index (χ2v) is 3.06. The van der Waals surface area contributed by atoms with Gasteiger partial charge < -0.3 is 11.1 Å². The van der Waals surface area contributed by atoms with Crippen LogP contribution in [0.1, 0.15) is 0 Å². The van der Waals surface area contributed by atoms with Crippen molar-refractivity contribution < 1.29 is 17.1 Å². The van der Waals surface area contributed by atoms with Crippen LogP contribution in [0.2, 0.25) is 0 Å². The monoisotopic (exact) mass is 260 g/mol. The van der Waals surface area contributed by atoms with Crippen LogP contribution in [0.4, 0.5) is 5.69 Å². The summed E-state index contributed by atoms with van der Waals surface area (Å²) in [5, 5.41) is 3.10. The van der Waals surface area contributed by atoms with Crippen LogP contribution in [-0.4, -0.2) is 5.11 Å². The smallest absolute Gasteiger partial charge is 0.414 e. The quantitative estimate of drug-likeness (QED) is 0.470. The van der Waals surface area contributed by atoms with Crippen LogP contribution in [0.25, 0.3) is 0 Å². The topological polar surface area (TPSA) is 38.0 Å². The molecule has 0 saturated carbocycles. The van der Waals surface area contributed by atoms with Gasteiger partial charge in [0.25, 0.3) is 0 Å². The van der Waals surface area contributed by atoms with E-state index < -0.39 is 0 Å². The summed E-state index contributed by atoms with van der Waals surface area (Å²) in [6, 6.07) is 17.6. The standard InChI is InChI=1S/C6H7N2S.C5H5.Fe/c7-6(9)8-5-3-1-2-4-5;1-2-4-5-3-1;/h1-4H,(H3,7,8,9);1-5H;/q2*-1;+2. The molecule has 2 aromatic rings. The van der Waals surface area contributed by atoms with Gasteiger partial charge in [-0.2, -0.15) is 30.3 Å². The van der Waals surface area contributed by atoms with Gasteiger partial charge in [0.2, 0.25) is 0 Å². The first-order chi connectivity index (χ1) is 6.79. The number of hydrogen-bond donors (Lipinski definition) is 2. The van der Waals surface area contributed by atoms with Gasteiger partial charge in [0.1, 0.15) is 0 Å². The van der Waals surface area contributed by atoms with Crippen molar-refractivity contribution in [2.24, 2.45) is 5.73 Å². The number of nitrogens with one attached hydrogen (secondary N) is 1. The Morgan fingerprint density at radius 2 is 1.67 bits per heavy atom. The van der Waals surface area contributed by atoms with E-state index in [2.05, 4.69) is 17.5 Å². The molecule has 4 heteroatoms. The molecule has 0 spiro atoms. The molecule has 0 atom stereocenters. The fraction of sp³-hybridized carbons (Fsp3) is 0. The minimum Gasteiger partial charge on any atom is -0.414 e. The fourth-order valence-electron chi connectivity index (χ4n) is 0.920. The van der Waals surface area contributed by atoms with E-state index in [0.29, 0.717) is 5.11 Å². The fourth-order valence-corrected chi connectivity index (χ4v) is 1.04. The zero-order valence-corrected chi connectivity index (χ0v) is 9.96. The molecule has 0 radical (unpaired) electrons. The largest absolute Gasteiger partial charge is 2.00 e. The van der Waals surface area contributed by atoms with Gasteiger partial charge in [0.15, 0.2) is 0 Å². The second-order valence-electron chi connectivity index (χ2n) is 2.63. The van der Waals surface area contributed by atoms with Gasteiger partial charge in [-0.05, 0) is 0 Å². The van der Waals surface area contributed by atoms with Crippen LogP contribution in [0.3, 0.4) is 0 Å². The molecule has 0 aliphatic rings. The zero-order chi connectivity index (χ0) is 10.2. The maximum atomic E-state index is 5.20. The van der Waals surface area contributed by atoms with E-state index in [1.807, 2.05) is 54.6 Å². The average molecular weight is 260 g/mol. The molecule has 0 saturated heterocycles. The third-order valence-corrected chi connectivity index (χ3v) is 1.59. The van der Waals surface area contributed by atoms with E-state index >= 15 is 0 Å². The van der Waals surface area contributed by atoms with E-state index in [4.69, 9.17) is 5.73 Å². The summed E-state index contributed by atoms with van der Waals surface area (Å²) in [6.45, 7) is 0. The van der Waals surface area contributed by atoms with Crippen LogP contribution in [-0.2, 0) is 17.1 Å². The number of rotatable bonds is 1. The molecule has 15 heavy (non-hydrogen) atoms. The third-order valence-electron chi connectivity index (χ3n) is 1.49. The van der Waals surface area contributed by atoms with Crippen LogP contribution in [0, 0.1) is 0 Å². The predicted octanol–water partition coefficient (Wildman–Crippen LogP) is 2.46. The number of nitrogens with two attached hydrogens (primary N) is 1. The summed E-state index contributed by atoms with van der Waals surface area (Å²) in [5.74, 6) is 0. The molecule has 0 aliphatic carbocycles. The van der Waals surface area contributed by atoms with E-state index in [9.17, 15) is 0 Å². The van der Waals surface area contributed by atoms with Gasteiger partial charge in [-0.15, -0.1) is 24.4 Å². The van der Waals surface area contributed by atoms with E-state index in [1.165, 1.54) is 0 Å². The van der Waals surface area contributed by atoms with Crippen LogP contribution < -0.4 is 11.1 Å². The first kappa shape index (κ1) is 13.9. The minimum atomic E-state index is 0. The number of hydrogen-bond acceptors (Lipinski definition) is 1. The summed E-state index contributed by atoms with van der Waals surface area (Å²) in [7, 11) is 0. The van der Waals surface area contributed by atoms with Gasteiger partial charge in [0.05, 0.1) is 5.11 Å². The van der Waals surface area contributed by atoms with Crippen molar-refractivity contribution in [1.82, 2.24) is 0 Å². The van der Waals surface area contributed by atoms with Crippen LogP contribution >= 0.6 is 12.2 Å². The van der Waals surface area contributed by atoms with Crippen LogP contribution in [0.15, 0.2) is 54.6 Å². The van der Waals surface area contributed by atoms with Crippen molar-refractivity contribution in [2.75, 3.05) is 5.32 Å². The molecule has 80 valence electrons. The van der Waals surface area contributed by atoms with Crippen molar-refractivity contribution >= 4 is 23.0 Å². The molecule has 0 aliphatic heterocycles. The summed E-state index contributed by atoms with van der Waals surface area (Å²) >= 11 is 4.61. The molecule has 0 fully saturated rings. The Bertz CT molecular complexity index is 323. The molecule has 0 bridgehead atoms. The molecule has 2 rings (SSSR count). The normalized spacial score (nSPS) is 8.00. The summed E-state index contributed by atoms with van der Waals surface area (Å²) in [5.41, 5.74) is 6.15. The molecule has 2 nitrogen and oxygen atoms in total. The molecule has 0 unspecified atom stereocenters. The average Bonchev–Trinajstić information content (AvgIpc) is 2.75. The first-order valence-corrected chi connectivity index (χ1v) is 4.65. The molecular formula is C11H12FeN2S. The van der Waals surface area contributed by atoms with Gasteiger partial charge in [0, 0.05) is 0 Å². The Morgan fingerprint density at radius 1 is 1.13 bits per heavy atom. The first-order valence-electron chi connectivity index (χ1n) is 4.24. The van der Waals surface area contributed by atoms with Crippen molar-refractivity contribution in [2.45, 2.75) is 0 Å². The number of anilines is 1. The second kappa shape index (κ2) is 8.24. The number of thiocarbonyl (C=S) groups is 1. The Hall–Kier alpha value is -1.09. The summed E-state index contributed by atoms with van der Waals surface area (Å²) in [6.07, 6.45) is 0. The summed E-state index contributed by atoms with van der Waals surface area (Å²) < 4.78 is 0. The van der Waals surface area contributed by atoms with Crippen molar-refractivity contribution in [3.63, 3.8) is 0 Å². The minimum absolute atomic E-state index is 0. The van der Waals surface area contributed by atoms with Gasteiger partial charge in [-0.25, -0.2) is 12.1 Å². The SMILES string of the molecule is NC(=S)N[c-]1cccc1.[Fe+2].c1cc[cH-]c1. The molecule has 0 aromatic heterocycles. The Morgan fingerprint density at radius 3 is 2.00 bits per heavy atom. The molecular weight excluding hydrogens is 248 g/mol. The van der Waals surface area contributed by atoms with Gasteiger partial charge in [-0.3, -0.25) is 0 Å².